The van der Waals surface area contributed by atoms with E-state index < -0.39 is 11.5 Å². The number of aliphatic hydroxyl groups is 1. The first-order chi connectivity index (χ1) is 14.8. The quantitative estimate of drug-likeness (QED) is 0.668. The van der Waals surface area contributed by atoms with Gasteiger partial charge in [0, 0.05) is 36.5 Å². The third-order valence-corrected chi connectivity index (χ3v) is 6.05. The van der Waals surface area contributed by atoms with Crippen LogP contribution in [0.2, 0.25) is 0 Å². The number of carbonyl (C=O) groups excluding carboxylic acids is 1. The normalized spacial score (nSPS) is 16.2. The van der Waals surface area contributed by atoms with Crippen molar-refractivity contribution >= 4 is 5.91 Å². The number of piperidine rings is 1. The highest BCUT2D eigenvalue weighted by molar-refractivity contribution is 5.95. The number of benzene rings is 2. The van der Waals surface area contributed by atoms with Gasteiger partial charge < -0.3 is 20.3 Å². The van der Waals surface area contributed by atoms with E-state index in [1.807, 2.05) is 43.4 Å². The summed E-state index contributed by atoms with van der Waals surface area (Å²) in [4.78, 5) is 26.9. The molecule has 0 bridgehead atoms. The van der Waals surface area contributed by atoms with Crippen LogP contribution in [-0.2, 0) is 6.54 Å². The fraction of sp³-hybridized carbons (Fsp3) is 0.280. The molecule has 3 N–H and O–H groups in total. The van der Waals surface area contributed by atoms with Gasteiger partial charge in [-0.25, -0.2) is 0 Å². The highest BCUT2D eigenvalue weighted by atomic mass is 16.3. The van der Waals surface area contributed by atoms with Crippen molar-refractivity contribution in [3.8, 4) is 22.3 Å². The molecule has 1 aromatic heterocycles. The van der Waals surface area contributed by atoms with Gasteiger partial charge in [-0.05, 0) is 48.7 Å². The summed E-state index contributed by atoms with van der Waals surface area (Å²) in [5.41, 5.74) is 8.09. The predicted molar refractivity (Wildman–Crippen MR) is 122 cm³/mol. The number of likely N-dealkylation sites (tertiary alicyclic amines) is 1. The Balaban J connectivity index is 1.82. The number of amides is 1. The van der Waals surface area contributed by atoms with Gasteiger partial charge in [0.1, 0.15) is 0 Å². The number of nitrogens with two attached hydrogens (primary N) is 1. The van der Waals surface area contributed by atoms with Crippen LogP contribution in [0.25, 0.3) is 22.3 Å². The summed E-state index contributed by atoms with van der Waals surface area (Å²) < 4.78 is 1.59. The minimum absolute atomic E-state index is 0.166. The van der Waals surface area contributed by atoms with Crippen molar-refractivity contribution in [2.24, 2.45) is 5.73 Å². The number of rotatable bonds is 5. The number of hydrogen-bond acceptors (Lipinski definition) is 4. The van der Waals surface area contributed by atoms with E-state index in [1.165, 1.54) is 0 Å². The van der Waals surface area contributed by atoms with E-state index in [1.54, 1.807) is 35.0 Å². The van der Waals surface area contributed by atoms with Crippen LogP contribution in [0, 0.1) is 0 Å². The summed E-state index contributed by atoms with van der Waals surface area (Å²) in [7, 11) is 2.03. The van der Waals surface area contributed by atoms with Crippen molar-refractivity contribution in [1.29, 1.82) is 0 Å². The lowest BCUT2D eigenvalue weighted by molar-refractivity contribution is -0.0297. The first-order valence-electron chi connectivity index (χ1n) is 10.5. The standard InChI is InChI=1S/C25H27N3O3/c1-27-12-10-25(31,11-13-27)17-28-16-22(19-8-5-9-20(14-19)24(26)30)21(15-23(28)29)18-6-3-2-4-7-18/h2-9,14-16,31H,10-13,17H2,1H3,(H2,26,30). The van der Waals surface area contributed by atoms with Crippen LogP contribution in [0.15, 0.2) is 71.7 Å². The summed E-state index contributed by atoms with van der Waals surface area (Å²) in [5, 5.41) is 11.1. The Bertz CT molecular complexity index is 1150. The Morgan fingerprint density at radius 1 is 1.00 bits per heavy atom. The summed E-state index contributed by atoms with van der Waals surface area (Å²) >= 11 is 0. The molecule has 160 valence electrons. The van der Waals surface area contributed by atoms with Gasteiger partial charge in [0.05, 0.1) is 12.1 Å². The van der Waals surface area contributed by atoms with Gasteiger partial charge in [-0.2, -0.15) is 0 Å². The zero-order valence-corrected chi connectivity index (χ0v) is 17.6. The average molecular weight is 418 g/mol. The molecule has 0 unspecified atom stereocenters. The lowest BCUT2D eigenvalue weighted by Crippen LogP contribution is -2.46. The maximum absolute atomic E-state index is 13.0. The van der Waals surface area contributed by atoms with E-state index in [0.29, 0.717) is 18.4 Å². The van der Waals surface area contributed by atoms with Crippen LogP contribution in [0.5, 0.6) is 0 Å². The Labute approximate surface area is 181 Å². The van der Waals surface area contributed by atoms with E-state index in [4.69, 9.17) is 5.73 Å². The molecule has 3 aromatic rings. The van der Waals surface area contributed by atoms with E-state index in [9.17, 15) is 14.7 Å². The molecule has 0 atom stereocenters. The van der Waals surface area contributed by atoms with E-state index in [2.05, 4.69) is 4.90 Å². The molecule has 0 aliphatic carbocycles. The molecule has 1 aliphatic rings. The topological polar surface area (TPSA) is 88.6 Å². The van der Waals surface area contributed by atoms with Crippen molar-refractivity contribution in [3.63, 3.8) is 0 Å². The molecule has 0 spiro atoms. The Morgan fingerprint density at radius 2 is 1.68 bits per heavy atom. The third-order valence-electron chi connectivity index (χ3n) is 6.05. The predicted octanol–water partition coefficient (Wildman–Crippen LogP) is 2.74. The smallest absolute Gasteiger partial charge is 0.251 e. The van der Waals surface area contributed by atoms with E-state index in [-0.39, 0.29) is 12.1 Å². The molecule has 2 heterocycles. The largest absolute Gasteiger partial charge is 0.388 e. The molecule has 1 amide bonds. The van der Waals surface area contributed by atoms with Crippen LogP contribution in [0.1, 0.15) is 23.2 Å². The third kappa shape index (κ3) is 4.60. The Kier molecular flexibility index (Phi) is 5.76. The summed E-state index contributed by atoms with van der Waals surface area (Å²) in [6.45, 7) is 1.82. The molecule has 1 saturated heterocycles. The Hall–Kier alpha value is -3.22. The van der Waals surface area contributed by atoms with Gasteiger partial charge in [0.2, 0.25) is 5.91 Å². The van der Waals surface area contributed by atoms with Crippen molar-refractivity contribution in [1.82, 2.24) is 9.47 Å². The summed E-state index contributed by atoms with van der Waals surface area (Å²) in [6.07, 6.45) is 3.02. The number of nitrogens with zero attached hydrogens (tertiary/aromatic N) is 2. The van der Waals surface area contributed by atoms with Gasteiger partial charge in [-0.1, -0.05) is 42.5 Å². The van der Waals surface area contributed by atoms with Gasteiger partial charge in [-0.3, -0.25) is 9.59 Å². The molecule has 6 nitrogen and oxygen atoms in total. The lowest BCUT2D eigenvalue weighted by Gasteiger charge is -2.37. The van der Waals surface area contributed by atoms with Crippen LogP contribution in [0.4, 0.5) is 0 Å². The number of primary amides is 1. The van der Waals surface area contributed by atoms with E-state index >= 15 is 0 Å². The van der Waals surface area contributed by atoms with Crippen molar-refractivity contribution in [2.45, 2.75) is 25.0 Å². The van der Waals surface area contributed by atoms with Crippen LogP contribution < -0.4 is 11.3 Å². The number of hydrogen-bond donors (Lipinski definition) is 2. The molecular formula is C25H27N3O3. The molecule has 6 heteroatoms. The number of aromatic nitrogens is 1. The van der Waals surface area contributed by atoms with Crippen LogP contribution >= 0.6 is 0 Å². The zero-order valence-electron chi connectivity index (χ0n) is 17.6. The molecule has 2 aromatic carbocycles. The second-order valence-corrected chi connectivity index (χ2v) is 8.41. The monoisotopic (exact) mass is 417 g/mol. The maximum atomic E-state index is 13.0. The fourth-order valence-corrected chi connectivity index (χ4v) is 4.13. The van der Waals surface area contributed by atoms with Crippen molar-refractivity contribution in [2.75, 3.05) is 20.1 Å². The van der Waals surface area contributed by atoms with Crippen LogP contribution in [0.3, 0.4) is 0 Å². The maximum Gasteiger partial charge on any atom is 0.251 e. The molecule has 0 radical (unpaired) electrons. The second-order valence-electron chi connectivity index (χ2n) is 8.41. The average Bonchev–Trinajstić information content (AvgIpc) is 2.78. The summed E-state index contributed by atoms with van der Waals surface area (Å²) in [5.74, 6) is -0.503. The molecular weight excluding hydrogens is 390 g/mol. The highest BCUT2D eigenvalue weighted by Gasteiger charge is 2.32. The summed E-state index contributed by atoms with van der Waals surface area (Å²) in [6, 6.07) is 18.4. The molecule has 4 rings (SSSR count). The van der Waals surface area contributed by atoms with Gasteiger partial charge in [-0.15, -0.1) is 0 Å². The zero-order chi connectivity index (χ0) is 22.0. The van der Waals surface area contributed by atoms with Gasteiger partial charge in [0.25, 0.3) is 5.56 Å². The first-order valence-corrected chi connectivity index (χ1v) is 10.5. The first kappa shape index (κ1) is 21.0. The SMILES string of the molecule is CN1CCC(O)(Cn2cc(-c3cccc(C(N)=O)c3)c(-c3ccccc3)cc2=O)CC1. The molecule has 1 fully saturated rings. The van der Waals surface area contributed by atoms with Crippen molar-refractivity contribution < 1.29 is 9.90 Å². The lowest BCUT2D eigenvalue weighted by atomic mass is 9.91. The number of carbonyl (C=O) groups is 1. The fourth-order valence-electron chi connectivity index (χ4n) is 4.13. The molecule has 0 saturated carbocycles. The molecule has 1 aliphatic heterocycles. The molecule has 31 heavy (non-hydrogen) atoms. The van der Waals surface area contributed by atoms with E-state index in [0.717, 1.165) is 35.3 Å². The van der Waals surface area contributed by atoms with Crippen LogP contribution in [-0.4, -0.2) is 46.2 Å². The number of pyridine rings is 1. The van der Waals surface area contributed by atoms with Gasteiger partial charge >= 0.3 is 0 Å². The minimum Gasteiger partial charge on any atom is -0.388 e. The second kappa shape index (κ2) is 8.49. The Morgan fingerprint density at radius 3 is 2.35 bits per heavy atom. The van der Waals surface area contributed by atoms with Crippen molar-refractivity contribution in [3.05, 3.63) is 82.8 Å². The highest BCUT2D eigenvalue weighted by Crippen LogP contribution is 2.32. The van der Waals surface area contributed by atoms with Gasteiger partial charge in [0.15, 0.2) is 0 Å². The minimum atomic E-state index is -0.920.